The molecular weight excluding hydrogens is 312 g/mol. The topological polar surface area (TPSA) is 72.6 Å². The summed E-state index contributed by atoms with van der Waals surface area (Å²) in [5, 5.41) is 0. The monoisotopic (exact) mass is 332 g/mol. The highest BCUT2D eigenvalue weighted by atomic mass is 32.2. The Morgan fingerprint density at radius 3 is 2.35 bits per heavy atom. The van der Waals surface area contributed by atoms with Crippen LogP contribution in [0.25, 0.3) is 0 Å². The molecule has 0 spiro atoms. The molecule has 0 unspecified atom stereocenters. The molecule has 1 heterocycles. The lowest BCUT2D eigenvalue weighted by Gasteiger charge is -2.30. The molecule has 6 heteroatoms. The molecule has 2 N–H and O–H groups in total. The van der Waals surface area contributed by atoms with Crippen LogP contribution >= 0.6 is 0 Å². The number of nitrogen functional groups attached to an aromatic ring is 1. The summed E-state index contributed by atoms with van der Waals surface area (Å²) < 4.78 is 31.4. The second-order valence-corrected chi connectivity index (χ2v) is 7.56. The van der Waals surface area contributed by atoms with E-state index in [1.54, 1.807) is 42.5 Å². The summed E-state index contributed by atoms with van der Waals surface area (Å²) in [7, 11) is -3.62. The van der Waals surface area contributed by atoms with Gasteiger partial charge >= 0.3 is 0 Å². The maximum absolute atomic E-state index is 13.0. The van der Waals surface area contributed by atoms with Gasteiger partial charge in [-0.15, -0.1) is 0 Å². The Hall–Kier alpha value is -2.05. The highest BCUT2D eigenvalue weighted by Crippen LogP contribution is 2.32. The van der Waals surface area contributed by atoms with E-state index in [-0.39, 0.29) is 9.79 Å². The first-order chi connectivity index (χ1) is 11.0. The first kappa shape index (κ1) is 15.8. The zero-order valence-electron chi connectivity index (χ0n) is 13.0. The lowest BCUT2D eigenvalue weighted by atomic mass is 10.2. The van der Waals surface area contributed by atoms with Gasteiger partial charge in [0.1, 0.15) is 0 Å². The lowest BCUT2D eigenvalue weighted by Crippen LogP contribution is -2.37. The molecule has 2 aromatic rings. The highest BCUT2D eigenvalue weighted by Gasteiger charge is 2.25. The zero-order valence-corrected chi connectivity index (χ0v) is 13.8. The molecule has 0 bridgehead atoms. The molecular formula is C17H20N2O3S. The fraction of sp³-hybridized carbons (Fsp3) is 0.294. The maximum Gasteiger partial charge on any atom is 0.208 e. The van der Waals surface area contributed by atoms with Crippen molar-refractivity contribution in [3.63, 3.8) is 0 Å². The van der Waals surface area contributed by atoms with Gasteiger partial charge in [0.25, 0.3) is 0 Å². The fourth-order valence-corrected chi connectivity index (χ4v) is 4.17. The average Bonchev–Trinajstić information content (AvgIpc) is 2.56. The number of ether oxygens (including phenoxy) is 1. The number of nitrogens with zero attached hydrogens (tertiary/aromatic N) is 1. The van der Waals surface area contributed by atoms with E-state index in [1.807, 2.05) is 11.8 Å². The van der Waals surface area contributed by atoms with Crippen molar-refractivity contribution in [2.75, 3.05) is 36.9 Å². The Labute approximate surface area is 136 Å². The number of aryl methyl sites for hydroxylation is 1. The Balaban J connectivity index is 2.10. The van der Waals surface area contributed by atoms with Crippen LogP contribution < -0.4 is 10.6 Å². The van der Waals surface area contributed by atoms with E-state index in [9.17, 15) is 8.42 Å². The third-order valence-electron chi connectivity index (χ3n) is 3.96. The lowest BCUT2D eigenvalue weighted by molar-refractivity contribution is 0.122. The van der Waals surface area contributed by atoms with Gasteiger partial charge in [0.2, 0.25) is 9.84 Å². The molecule has 3 rings (SSSR count). The van der Waals surface area contributed by atoms with Gasteiger partial charge < -0.3 is 15.4 Å². The van der Waals surface area contributed by atoms with Crippen LogP contribution in [0, 0.1) is 6.92 Å². The van der Waals surface area contributed by atoms with Gasteiger partial charge in [0.05, 0.1) is 28.7 Å². The van der Waals surface area contributed by atoms with Gasteiger partial charge in [-0.3, -0.25) is 0 Å². The Morgan fingerprint density at radius 1 is 1.04 bits per heavy atom. The number of rotatable bonds is 3. The minimum absolute atomic E-state index is 0.253. The number of anilines is 2. The molecule has 1 aliphatic rings. The molecule has 2 aromatic carbocycles. The summed E-state index contributed by atoms with van der Waals surface area (Å²) >= 11 is 0. The predicted octanol–water partition coefficient (Wildman–Crippen LogP) is 2.25. The first-order valence-electron chi connectivity index (χ1n) is 7.52. The van der Waals surface area contributed by atoms with Crippen molar-refractivity contribution in [3.8, 4) is 0 Å². The number of benzene rings is 2. The second kappa shape index (κ2) is 6.22. The van der Waals surface area contributed by atoms with Crippen molar-refractivity contribution in [2.45, 2.75) is 16.7 Å². The Morgan fingerprint density at radius 2 is 1.70 bits per heavy atom. The second-order valence-electron chi connectivity index (χ2n) is 5.64. The molecule has 0 radical (unpaired) electrons. The summed E-state index contributed by atoms with van der Waals surface area (Å²) in [5.74, 6) is 0. The predicted molar refractivity (Wildman–Crippen MR) is 90.5 cm³/mol. The van der Waals surface area contributed by atoms with Crippen LogP contribution in [0.4, 0.5) is 11.4 Å². The van der Waals surface area contributed by atoms with Crippen molar-refractivity contribution >= 4 is 21.2 Å². The highest BCUT2D eigenvalue weighted by molar-refractivity contribution is 7.91. The van der Waals surface area contributed by atoms with Crippen LogP contribution in [-0.2, 0) is 14.6 Å². The van der Waals surface area contributed by atoms with Gasteiger partial charge in [0, 0.05) is 18.8 Å². The number of nitrogens with two attached hydrogens (primary N) is 1. The molecule has 122 valence electrons. The standard InChI is InChI=1S/C17H20N2O3S/c1-13-2-5-15(6-3-13)23(20,21)17-12-14(18)4-7-16(17)19-8-10-22-11-9-19/h2-7,12H,8-11,18H2,1H3. The van der Waals surface area contributed by atoms with Crippen molar-refractivity contribution < 1.29 is 13.2 Å². The summed E-state index contributed by atoms with van der Waals surface area (Å²) in [6, 6.07) is 11.9. The van der Waals surface area contributed by atoms with E-state index >= 15 is 0 Å². The Kier molecular flexibility index (Phi) is 4.28. The summed E-state index contributed by atoms with van der Waals surface area (Å²) in [6.45, 7) is 4.44. The summed E-state index contributed by atoms with van der Waals surface area (Å²) in [4.78, 5) is 2.57. The van der Waals surface area contributed by atoms with Crippen LogP contribution in [0.2, 0.25) is 0 Å². The summed E-state index contributed by atoms with van der Waals surface area (Å²) in [5.41, 5.74) is 7.99. The van der Waals surface area contributed by atoms with E-state index in [0.717, 1.165) is 5.56 Å². The largest absolute Gasteiger partial charge is 0.399 e. The van der Waals surface area contributed by atoms with Crippen molar-refractivity contribution in [3.05, 3.63) is 48.0 Å². The molecule has 23 heavy (non-hydrogen) atoms. The van der Waals surface area contributed by atoms with E-state index in [0.29, 0.717) is 37.7 Å². The van der Waals surface area contributed by atoms with Gasteiger partial charge in [0.15, 0.2) is 0 Å². The Bertz CT molecular complexity index is 795. The fourth-order valence-electron chi connectivity index (χ4n) is 2.66. The maximum atomic E-state index is 13.0. The number of sulfone groups is 1. The average molecular weight is 332 g/mol. The van der Waals surface area contributed by atoms with Crippen LogP contribution in [0.5, 0.6) is 0 Å². The van der Waals surface area contributed by atoms with Gasteiger partial charge in [-0.05, 0) is 37.3 Å². The number of morpholine rings is 1. The van der Waals surface area contributed by atoms with Crippen LogP contribution in [-0.4, -0.2) is 34.7 Å². The van der Waals surface area contributed by atoms with Crippen LogP contribution in [0.15, 0.2) is 52.3 Å². The number of hydrogen-bond donors (Lipinski definition) is 1. The third-order valence-corrected chi connectivity index (χ3v) is 5.76. The van der Waals surface area contributed by atoms with Crippen LogP contribution in [0.1, 0.15) is 5.56 Å². The molecule has 1 aliphatic heterocycles. The van der Waals surface area contributed by atoms with Crippen molar-refractivity contribution in [2.24, 2.45) is 0 Å². The minimum Gasteiger partial charge on any atom is -0.399 e. The smallest absolute Gasteiger partial charge is 0.208 e. The quantitative estimate of drug-likeness (QED) is 0.873. The van der Waals surface area contributed by atoms with Crippen LogP contribution in [0.3, 0.4) is 0 Å². The first-order valence-corrected chi connectivity index (χ1v) is 9.01. The molecule has 5 nitrogen and oxygen atoms in total. The van der Waals surface area contributed by atoms with Gasteiger partial charge in [-0.25, -0.2) is 8.42 Å². The van der Waals surface area contributed by atoms with E-state index in [1.165, 1.54) is 0 Å². The van der Waals surface area contributed by atoms with Gasteiger partial charge in [-0.1, -0.05) is 17.7 Å². The van der Waals surface area contributed by atoms with Gasteiger partial charge in [-0.2, -0.15) is 0 Å². The number of hydrogen-bond acceptors (Lipinski definition) is 5. The molecule has 0 aromatic heterocycles. The molecule has 0 amide bonds. The van der Waals surface area contributed by atoms with Crippen molar-refractivity contribution in [1.82, 2.24) is 0 Å². The molecule has 0 aliphatic carbocycles. The SMILES string of the molecule is Cc1ccc(S(=O)(=O)c2cc(N)ccc2N2CCOCC2)cc1. The molecule has 0 atom stereocenters. The van der Waals surface area contributed by atoms with Crippen molar-refractivity contribution in [1.29, 1.82) is 0 Å². The molecule has 0 saturated carbocycles. The molecule has 1 saturated heterocycles. The van der Waals surface area contributed by atoms with E-state index in [2.05, 4.69) is 0 Å². The van der Waals surface area contributed by atoms with E-state index < -0.39 is 9.84 Å². The van der Waals surface area contributed by atoms with E-state index in [4.69, 9.17) is 10.5 Å². The molecule has 1 fully saturated rings. The minimum atomic E-state index is -3.62. The third kappa shape index (κ3) is 3.18. The zero-order chi connectivity index (χ0) is 16.4. The normalized spacial score (nSPS) is 15.6. The summed E-state index contributed by atoms with van der Waals surface area (Å²) in [6.07, 6.45) is 0.